The fourth-order valence-corrected chi connectivity index (χ4v) is 3.80. The molecule has 0 saturated heterocycles. The zero-order chi connectivity index (χ0) is 15.1. The molecule has 1 N–H and O–H groups in total. The van der Waals surface area contributed by atoms with Crippen molar-refractivity contribution in [1.82, 2.24) is 0 Å². The van der Waals surface area contributed by atoms with Gasteiger partial charge in [0, 0.05) is 20.7 Å². The van der Waals surface area contributed by atoms with Crippen molar-refractivity contribution in [3.05, 3.63) is 62.3 Å². The van der Waals surface area contributed by atoms with E-state index in [1.54, 1.807) is 24.3 Å². The van der Waals surface area contributed by atoms with Crippen LogP contribution in [0.1, 0.15) is 22.1 Å². The molecular formula is C15H9BrCl2FNO. The van der Waals surface area contributed by atoms with Gasteiger partial charge in [0.1, 0.15) is 5.82 Å². The third kappa shape index (κ3) is 2.68. The zero-order valence-electron chi connectivity index (χ0n) is 10.6. The van der Waals surface area contributed by atoms with Crippen LogP contribution in [0.3, 0.4) is 0 Å². The van der Waals surface area contributed by atoms with Gasteiger partial charge in [-0.05, 0) is 35.4 Å². The molecule has 6 heteroatoms. The van der Waals surface area contributed by atoms with Gasteiger partial charge >= 0.3 is 0 Å². The number of nitrogens with one attached hydrogen (secondary N) is 1. The second kappa shape index (κ2) is 5.59. The van der Waals surface area contributed by atoms with Crippen LogP contribution in [-0.2, 0) is 11.2 Å². The number of carbonyl (C=O) groups is 1. The molecule has 2 nitrogen and oxygen atoms in total. The Morgan fingerprint density at radius 2 is 2.10 bits per heavy atom. The van der Waals surface area contributed by atoms with Crippen molar-refractivity contribution >= 4 is 50.7 Å². The first-order valence-electron chi connectivity index (χ1n) is 6.17. The maximum atomic E-state index is 14.0. The summed E-state index contributed by atoms with van der Waals surface area (Å²) in [5.74, 6) is -0.494. The topological polar surface area (TPSA) is 29.1 Å². The Labute approximate surface area is 139 Å². The lowest BCUT2D eigenvalue weighted by molar-refractivity contribution is -0.115. The largest absolute Gasteiger partial charge is 0.325 e. The van der Waals surface area contributed by atoms with Crippen LogP contribution in [0.4, 0.5) is 10.1 Å². The summed E-state index contributed by atoms with van der Waals surface area (Å²) < 4.78 is 14.6. The second-order valence-corrected chi connectivity index (χ2v) is 6.45. The summed E-state index contributed by atoms with van der Waals surface area (Å²) in [5.41, 5.74) is 2.42. The van der Waals surface area contributed by atoms with Crippen molar-refractivity contribution in [3.8, 4) is 0 Å². The van der Waals surface area contributed by atoms with Crippen LogP contribution in [0.15, 0.2) is 34.8 Å². The van der Waals surface area contributed by atoms with Crippen LogP contribution >= 0.6 is 39.1 Å². The maximum absolute atomic E-state index is 14.0. The summed E-state index contributed by atoms with van der Waals surface area (Å²) in [6, 6.07) is 8.08. The van der Waals surface area contributed by atoms with E-state index >= 15 is 0 Å². The first-order valence-corrected chi connectivity index (χ1v) is 7.78. The fraction of sp³-hybridized carbons (Fsp3) is 0.133. The number of benzene rings is 2. The van der Waals surface area contributed by atoms with Gasteiger partial charge in [-0.1, -0.05) is 33.6 Å². The average molecular weight is 389 g/mol. The van der Waals surface area contributed by atoms with Crippen LogP contribution in [0.5, 0.6) is 0 Å². The van der Waals surface area contributed by atoms with E-state index in [2.05, 4.69) is 21.2 Å². The van der Waals surface area contributed by atoms with Crippen LogP contribution in [0.25, 0.3) is 0 Å². The zero-order valence-corrected chi connectivity index (χ0v) is 13.7. The molecule has 21 heavy (non-hydrogen) atoms. The van der Waals surface area contributed by atoms with Gasteiger partial charge in [0.25, 0.3) is 0 Å². The number of amides is 1. The van der Waals surface area contributed by atoms with E-state index in [9.17, 15) is 9.18 Å². The van der Waals surface area contributed by atoms with Gasteiger partial charge in [-0.3, -0.25) is 4.79 Å². The Kier molecular flexibility index (Phi) is 3.95. The smallest absolute Gasteiger partial charge is 0.228 e. The van der Waals surface area contributed by atoms with E-state index in [0.29, 0.717) is 26.3 Å². The number of rotatable bonds is 2. The number of fused-ring (bicyclic) bond motifs is 1. The van der Waals surface area contributed by atoms with Crippen molar-refractivity contribution in [1.29, 1.82) is 0 Å². The standard InChI is InChI=1S/C15H9BrCl2FNO/c16-9-2-1-3-11(19)14(9)15(18)8-4-7-5-13(21)20-12(7)6-10(8)17/h1-4,6,15H,5H2,(H,20,21). The quantitative estimate of drug-likeness (QED) is 0.715. The third-order valence-electron chi connectivity index (χ3n) is 3.37. The van der Waals surface area contributed by atoms with Gasteiger partial charge in [-0.2, -0.15) is 0 Å². The summed E-state index contributed by atoms with van der Waals surface area (Å²) in [6.07, 6.45) is 0.279. The number of hydrogen-bond donors (Lipinski definition) is 1. The molecule has 0 fully saturated rings. The van der Waals surface area contributed by atoms with Crippen LogP contribution in [0, 0.1) is 5.82 Å². The lowest BCUT2D eigenvalue weighted by Crippen LogP contribution is -2.03. The number of alkyl halides is 1. The number of anilines is 1. The fourth-order valence-electron chi connectivity index (χ4n) is 2.37. The van der Waals surface area contributed by atoms with E-state index in [4.69, 9.17) is 23.2 Å². The Balaban J connectivity index is 2.09. The van der Waals surface area contributed by atoms with Gasteiger partial charge in [0.05, 0.1) is 11.8 Å². The average Bonchev–Trinajstić information content (AvgIpc) is 2.76. The minimum Gasteiger partial charge on any atom is -0.325 e. The molecule has 3 rings (SSSR count). The summed E-state index contributed by atoms with van der Waals surface area (Å²) >= 11 is 16.0. The molecule has 108 valence electrons. The molecule has 0 bridgehead atoms. The minimum absolute atomic E-state index is 0.0867. The Bertz CT molecular complexity index is 730. The van der Waals surface area contributed by atoms with E-state index in [1.165, 1.54) is 6.07 Å². The molecule has 0 spiro atoms. The summed E-state index contributed by atoms with van der Waals surface area (Å²) in [5, 5.41) is 2.37. The van der Waals surface area contributed by atoms with Gasteiger partial charge < -0.3 is 5.32 Å². The highest BCUT2D eigenvalue weighted by Crippen LogP contribution is 2.41. The Morgan fingerprint density at radius 1 is 1.33 bits per heavy atom. The predicted octanol–water partition coefficient (Wildman–Crippen LogP) is 5.06. The molecule has 2 aromatic carbocycles. The maximum Gasteiger partial charge on any atom is 0.228 e. The lowest BCUT2D eigenvalue weighted by atomic mass is 10.0. The number of hydrogen-bond acceptors (Lipinski definition) is 1. The molecule has 0 saturated carbocycles. The van der Waals surface area contributed by atoms with Crippen LogP contribution < -0.4 is 5.32 Å². The molecule has 0 radical (unpaired) electrons. The highest BCUT2D eigenvalue weighted by molar-refractivity contribution is 9.10. The molecule has 0 aromatic heterocycles. The number of carbonyl (C=O) groups excluding carboxylic acids is 1. The van der Waals surface area contributed by atoms with E-state index < -0.39 is 11.2 Å². The van der Waals surface area contributed by atoms with Crippen molar-refractivity contribution in [2.45, 2.75) is 11.8 Å². The van der Waals surface area contributed by atoms with Crippen molar-refractivity contribution in [2.75, 3.05) is 5.32 Å². The van der Waals surface area contributed by atoms with E-state index in [0.717, 1.165) is 5.56 Å². The van der Waals surface area contributed by atoms with Gasteiger partial charge in [0.2, 0.25) is 5.91 Å². The summed E-state index contributed by atoms with van der Waals surface area (Å²) in [6.45, 7) is 0. The van der Waals surface area contributed by atoms with E-state index in [1.807, 2.05) is 0 Å². The molecule has 1 atom stereocenters. The monoisotopic (exact) mass is 387 g/mol. The summed E-state index contributed by atoms with van der Waals surface area (Å²) in [7, 11) is 0. The molecule has 1 heterocycles. The van der Waals surface area contributed by atoms with Crippen molar-refractivity contribution < 1.29 is 9.18 Å². The first-order chi connectivity index (χ1) is 9.97. The van der Waals surface area contributed by atoms with Crippen LogP contribution in [-0.4, -0.2) is 5.91 Å². The third-order valence-corrected chi connectivity index (χ3v) is 4.85. The second-order valence-electron chi connectivity index (χ2n) is 4.75. The predicted molar refractivity (Wildman–Crippen MR) is 85.6 cm³/mol. The lowest BCUT2D eigenvalue weighted by Gasteiger charge is -2.16. The van der Waals surface area contributed by atoms with Gasteiger partial charge in [-0.25, -0.2) is 4.39 Å². The minimum atomic E-state index is -0.742. The molecule has 1 aliphatic heterocycles. The Hall–Kier alpha value is -1.10. The van der Waals surface area contributed by atoms with Gasteiger partial charge in [0.15, 0.2) is 0 Å². The summed E-state index contributed by atoms with van der Waals surface area (Å²) in [4.78, 5) is 11.4. The number of halogens is 4. The molecular weight excluding hydrogens is 380 g/mol. The highest BCUT2D eigenvalue weighted by atomic mass is 79.9. The Morgan fingerprint density at radius 3 is 2.81 bits per heavy atom. The van der Waals surface area contributed by atoms with Crippen molar-refractivity contribution in [3.63, 3.8) is 0 Å². The molecule has 1 amide bonds. The van der Waals surface area contributed by atoms with Crippen molar-refractivity contribution in [2.24, 2.45) is 0 Å². The highest BCUT2D eigenvalue weighted by Gasteiger charge is 2.25. The first kappa shape index (κ1) is 14.8. The molecule has 1 unspecified atom stereocenters. The van der Waals surface area contributed by atoms with Crippen LogP contribution in [0.2, 0.25) is 5.02 Å². The molecule has 0 aliphatic carbocycles. The SMILES string of the molecule is O=C1Cc2cc(C(Cl)c3c(F)cccc3Br)c(Cl)cc2N1. The van der Waals surface area contributed by atoms with Gasteiger partial charge in [-0.15, -0.1) is 11.6 Å². The van der Waals surface area contributed by atoms with E-state index in [-0.39, 0.29) is 12.3 Å². The molecule has 1 aliphatic rings. The normalized spacial score (nSPS) is 14.8. The molecule has 2 aromatic rings.